The Hall–Kier alpha value is -2.67. The summed E-state index contributed by atoms with van der Waals surface area (Å²) in [5, 5.41) is 0. The van der Waals surface area contributed by atoms with Gasteiger partial charge in [-0.05, 0) is 24.3 Å². The van der Waals surface area contributed by atoms with E-state index >= 15 is 0 Å². The predicted molar refractivity (Wildman–Crippen MR) is 98.4 cm³/mol. The number of halogens is 3. The minimum absolute atomic E-state index is 0.458. The van der Waals surface area contributed by atoms with Gasteiger partial charge in [-0.3, -0.25) is 4.90 Å². The summed E-state index contributed by atoms with van der Waals surface area (Å²) in [6.07, 6.45) is -0.915. The number of nitrogens with zero attached hydrogens (tertiary/aromatic N) is 3. The number of hydrogen-bond donors (Lipinski definition) is 0. The molecule has 0 amide bonds. The van der Waals surface area contributed by atoms with Gasteiger partial charge in [-0.25, -0.2) is 9.97 Å². The Morgan fingerprint density at radius 3 is 2.50 bits per heavy atom. The highest BCUT2D eigenvalue weighted by atomic mass is 19.4. The van der Waals surface area contributed by atoms with Crippen molar-refractivity contribution in [3.8, 4) is 11.4 Å². The van der Waals surface area contributed by atoms with Gasteiger partial charge in [0, 0.05) is 43.3 Å². The Labute approximate surface area is 161 Å². The molecule has 0 saturated carbocycles. The Morgan fingerprint density at radius 2 is 1.82 bits per heavy atom. The maximum absolute atomic E-state index is 12.7. The van der Waals surface area contributed by atoms with E-state index in [2.05, 4.69) is 21.8 Å². The quantitative estimate of drug-likeness (QED) is 0.640. The molecule has 28 heavy (non-hydrogen) atoms. The molecule has 2 aromatic heterocycles. The lowest BCUT2D eigenvalue weighted by atomic mass is 10.1. The lowest BCUT2D eigenvalue weighted by molar-refractivity contribution is -0.137. The Bertz CT molecular complexity index is 964. The van der Waals surface area contributed by atoms with E-state index in [0.29, 0.717) is 11.4 Å². The molecule has 0 saturated heterocycles. The molecule has 4 nitrogen and oxygen atoms in total. The number of hydrogen-bond acceptors (Lipinski definition) is 4. The Kier molecular flexibility index (Phi) is 4.93. The van der Waals surface area contributed by atoms with E-state index < -0.39 is 11.7 Å². The van der Waals surface area contributed by atoms with Crippen LogP contribution in [0.1, 0.15) is 35.3 Å². The van der Waals surface area contributed by atoms with Crippen LogP contribution in [0.15, 0.2) is 47.0 Å². The van der Waals surface area contributed by atoms with Crippen molar-refractivity contribution in [1.29, 1.82) is 0 Å². The number of aromatic nitrogens is 2. The third-order valence-corrected chi connectivity index (χ3v) is 4.93. The average Bonchev–Trinajstić information content (AvgIpc) is 3.14. The van der Waals surface area contributed by atoms with Gasteiger partial charge in [-0.2, -0.15) is 13.2 Å². The minimum atomic E-state index is -4.34. The zero-order chi connectivity index (χ0) is 19.7. The second kappa shape index (κ2) is 7.39. The summed E-state index contributed by atoms with van der Waals surface area (Å²) in [6.45, 7) is 4.37. The Morgan fingerprint density at radius 1 is 1.07 bits per heavy atom. The molecule has 3 aromatic rings. The lowest BCUT2D eigenvalue weighted by Gasteiger charge is -2.27. The highest BCUT2D eigenvalue weighted by Crippen LogP contribution is 2.30. The SMILES string of the molecule is CCc1ccc(CN2CCc3nc(-c4ccc(C(F)(F)F)cc4)ncc3C2)o1. The molecule has 1 aromatic carbocycles. The first-order chi connectivity index (χ1) is 13.4. The van der Waals surface area contributed by atoms with Crippen LogP contribution in [0.3, 0.4) is 0 Å². The van der Waals surface area contributed by atoms with Crippen LogP contribution >= 0.6 is 0 Å². The summed E-state index contributed by atoms with van der Waals surface area (Å²) in [5.41, 5.74) is 1.91. The zero-order valence-electron chi connectivity index (χ0n) is 15.5. The van der Waals surface area contributed by atoms with Gasteiger partial charge in [-0.15, -0.1) is 0 Å². The van der Waals surface area contributed by atoms with Crippen molar-refractivity contribution in [3.63, 3.8) is 0 Å². The van der Waals surface area contributed by atoms with Crippen molar-refractivity contribution in [3.05, 3.63) is 70.9 Å². The van der Waals surface area contributed by atoms with Crippen LogP contribution in [0.4, 0.5) is 13.2 Å². The van der Waals surface area contributed by atoms with Gasteiger partial charge in [0.05, 0.1) is 17.8 Å². The fourth-order valence-electron chi connectivity index (χ4n) is 3.37. The van der Waals surface area contributed by atoms with Crippen LogP contribution < -0.4 is 0 Å². The van der Waals surface area contributed by atoms with Crippen molar-refractivity contribution in [2.75, 3.05) is 6.54 Å². The standard InChI is InChI=1S/C21H20F3N3O/c1-2-17-7-8-18(28-17)13-27-10-9-19-15(12-27)11-25-20(26-19)14-3-5-16(6-4-14)21(22,23)24/h3-8,11H,2,9-10,12-13H2,1H3. The molecule has 0 atom stereocenters. The molecule has 1 aliphatic rings. The van der Waals surface area contributed by atoms with Gasteiger partial charge < -0.3 is 4.42 Å². The zero-order valence-corrected chi connectivity index (χ0v) is 15.5. The topological polar surface area (TPSA) is 42.2 Å². The molecule has 0 aliphatic carbocycles. The van der Waals surface area contributed by atoms with Crippen LogP contribution in [0.5, 0.6) is 0 Å². The summed E-state index contributed by atoms with van der Waals surface area (Å²) in [6, 6.07) is 8.98. The number of fused-ring (bicyclic) bond motifs is 1. The molecule has 4 rings (SSSR count). The van der Waals surface area contributed by atoms with Crippen LogP contribution in [-0.2, 0) is 32.1 Å². The highest BCUT2D eigenvalue weighted by molar-refractivity contribution is 5.56. The highest BCUT2D eigenvalue weighted by Gasteiger charge is 2.30. The molecule has 7 heteroatoms. The van der Waals surface area contributed by atoms with Crippen LogP contribution in [0.2, 0.25) is 0 Å². The molecule has 0 unspecified atom stereocenters. The van der Waals surface area contributed by atoms with Gasteiger partial charge in [0.25, 0.3) is 0 Å². The second-order valence-electron chi connectivity index (χ2n) is 6.92. The van der Waals surface area contributed by atoms with E-state index in [1.54, 1.807) is 6.20 Å². The second-order valence-corrected chi connectivity index (χ2v) is 6.92. The van der Waals surface area contributed by atoms with Crippen molar-refractivity contribution < 1.29 is 17.6 Å². The summed E-state index contributed by atoms with van der Waals surface area (Å²) in [5.74, 6) is 2.39. The number of benzene rings is 1. The third-order valence-electron chi connectivity index (χ3n) is 4.93. The fraction of sp³-hybridized carbons (Fsp3) is 0.333. The largest absolute Gasteiger partial charge is 0.465 e. The summed E-state index contributed by atoms with van der Waals surface area (Å²) in [7, 11) is 0. The van der Waals surface area contributed by atoms with Gasteiger partial charge in [-0.1, -0.05) is 19.1 Å². The molecule has 0 N–H and O–H groups in total. The van der Waals surface area contributed by atoms with E-state index in [9.17, 15) is 13.2 Å². The Balaban J connectivity index is 1.48. The van der Waals surface area contributed by atoms with Crippen molar-refractivity contribution >= 4 is 0 Å². The van der Waals surface area contributed by atoms with Gasteiger partial charge in [0.1, 0.15) is 11.5 Å². The first kappa shape index (κ1) is 18.7. The number of furan rings is 1. The van der Waals surface area contributed by atoms with Crippen LogP contribution in [0.25, 0.3) is 11.4 Å². The van der Waals surface area contributed by atoms with Gasteiger partial charge >= 0.3 is 6.18 Å². The molecule has 146 valence electrons. The maximum atomic E-state index is 12.7. The first-order valence-corrected chi connectivity index (χ1v) is 9.24. The van der Waals surface area contributed by atoms with E-state index in [1.165, 1.54) is 12.1 Å². The third kappa shape index (κ3) is 3.94. The molecule has 0 radical (unpaired) electrons. The molecule has 0 fully saturated rings. The summed E-state index contributed by atoms with van der Waals surface area (Å²) >= 11 is 0. The van der Waals surface area contributed by atoms with Crippen molar-refractivity contribution in [2.24, 2.45) is 0 Å². The molecule has 3 heterocycles. The summed E-state index contributed by atoms with van der Waals surface area (Å²) in [4.78, 5) is 11.2. The normalized spacial score (nSPS) is 14.9. The van der Waals surface area contributed by atoms with E-state index in [0.717, 1.165) is 67.4 Å². The summed E-state index contributed by atoms with van der Waals surface area (Å²) < 4.78 is 43.9. The van der Waals surface area contributed by atoms with Gasteiger partial charge in [0.2, 0.25) is 0 Å². The average molecular weight is 387 g/mol. The fourth-order valence-corrected chi connectivity index (χ4v) is 3.37. The minimum Gasteiger partial charge on any atom is -0.465 e. The number of rotatable bonds is 4. The van der Waals surface area contributed by atoms with E-state index in [-0.39, 0.29) is 0 Å². The first-order valence-electron chi connectivity index (χ1n) is 9.24. The molecular formula is C21H20F3N3O. The molecule has 0 spiro atoms. The predicted octanol–water partition coefficient (Wildman–Crippen LogP) is 4.88. The van der Waals surface area contributed by atoms with E-state index in [4.69, 9.17) is 4.42 Å². The lowest BCUT2D eigenvalue weighted by Crippen LogP contribution is -2.30. The number of alkyl halides is 3. The molecule has 0 bridgehead atoms. The monoisotopic (exact) mass is 387 g/mol. The smallest absolute Gasteiger partial charge is 0.416 e. The van der Waals surface area contributed by atoms with Gasteiger partial charge in [0.15, 0.2) is 5.82 Å². The molecule has 1 aliphatic heterocycles. The van der Waals surface area contributed by atoms with Crippen LogP contribution in [-0.4, -0.2) is 21.4 Å². The van der Waals surface area contributed by atoms with Crippen molar-refractivity contribution in [1.82, 2.24) is 14.9 Å². The van der Waals surface area contributed by atoms with Crippen LogP contribution in [0, 0.1) is 0 Å². The molecular weight excluding hydrogens is 367 g/mol. The maximum Gasteiger partial charge on any atom is 0.416 e. The van der Waals surface area contributed by atoms with Crippen molar-refractivity contribution in [2.45, 2.75) is 39.0 Å². The van der Waals surface area contributed by atoms with E-state index in [1.807, 2.05) is 12.1 Å². The number of aryl methyl sites for hydroxylation is 1.